The van der Waals surface area contributed by atoms with E-state index in [1.54, 1.807) is 0 Å². The van der Waals surface area contributed by atoms with Crippen LogP contribution in [0.3, 0.4) is 0 Å². The van der Waals surface area contributed by atoms with Crippen LogP contribution in [-0.4, -0.2) is 25.5 Å². The van der Waals surface area contributed by atoms with E-state index in [0.29, 0.717) is 19.4 Å². The van der Waals surface area contributed by atoms with Crippen LogP contribution in [0.1, 0.15) is 12.8 Å². The van der Waals surface area contributed by atoms with E-state index in [0.717, 1.165) is 0 Å². The summed E-state index contributed by atoms with van der Waals surface area (Å²) in [7, 11) is 1.35. The van der Waals surface area contributed by atoms with Crippen LogP contribution in [0, 0.1) is 5.92 Å². The maximum absolute atomic E-state index is 10.7. The average Bonchev–Trinajstić information content (AvgIpc) is 2.35. The van der Waals surface area contributed by atoms with E-state index >= 15 is 0 Å². The van der Waals surface area contributed by atoms with Crippen molar-refractivity contribution in [3.8, 4) is 0 Å². The molecule has 1 N–H and O–H groups in total. The Bertz CT molecular complexity index is 179. The number of ether oxygens (including phenoxy) is 1. The van der Waals surface area contributed by atoms with Gasteiger partial charge < -0.3 is 10.1 Å². The topological polar surface area (TPSA) is 55.4 Å². The van der Waals surface area contributed by atoms with Gasteiger partial charge in [-0.25, -0.2) is 0 Å². The molecule has 1 aliphatic rings. The minimum absolute atomic E-state index is 0.0268. The lowest BCUT2D eigenvalue weighted by atomic mass is 10.1. The Hall–Kier alpha value is -1.06. The monoisotopic (exact) mass is 157 g/mol. The first-order chi connectivity index (χ1) is 5.22. The Morgan fingerprint density at radius 1 is 1.82 bits per heavy atom. The second-order valence-electron chi connectivity index (χ2n) is 2.65. The molecule has 0 spiro atoms. The van der Waals surface area contributed by atoms with E-state index in [1.165, 1.54) is 7.11 Å². The number of carbonyl (C=O) groups is 2. The van der Waals surface area contributed by atoms with Crippen molar-refractivity contribution >= 4 is 11.9 Å². The molecule has 1 aliphatic heterocycles. The second-order valence-corrected chi connectivity index (χ2v) is 2.65. The summed E-state index contributed by atoms with van der Waals surface area (Å²) in [6.07, 6.45) is 0.796. The molecule has 0 aromatic carbocycles. The Labute approximate surface area is 64.9 Å². The van der Waals surface area contributed by atoms with Gasteiger partial charge in [0.25, 0.3) is 0 Å². The molecule has 1 atom stereocenters. The molecular formula is C7H11NO3. The summed E-state index contributed by atoms with van der Waals surface area (Å²) >= 11 is 0. The molecule has 0 bridgehead atoms. The molecule has 62 valence electrons. The summed E-state index contributed by atoms with van der Waals surface area (Å²) in [6, 6.07) is 0. The molecule has 0 unspecified atom stereocenters. The van der Waals surface area contributed by atoms with E-state index in [1.807, 2.05) is 0 Å². The number of amides is 1. The molecule has 1 fully saturated rings. The lowest BCUT2D eigenvalue weighted by molar-refractivity contribution is -0.141. The van der Waals surface area contributed by atoms with Crippen LogP contribution in [0.5, 0.6) is 0 Å². The Morgan fingerprint density at radius 2 is 2.55 bits per heavy atom. The van der Waals surface area contributed by atoms with Crippen molar-refractivity contribution in [3.05, 3.63) is 0 Å². The minimum Gasteiger partial charge on any atom is -0.469 e. The Kier molecular flexibility index (Phi) is 2.46. The molecule has 1 heterocycles. The molecule has 0 radical (unpaired) electrons. The van der Waals surface area contributed by atoms with Crippen LogP contribution in [0.2, 0.25) is 0 Å². The number of hydrogen-bond donors (Lipinski definition) is 1. The highest BCUT2D eigenvalue weighted by molar-refractivity contribution is 5.79. The van der Waals surface area contributed by atoms with Crippen LogP contribution in [0.25, 0.3) is 0 Å². The average molecular weight is 157 g/mol. The number of carbonyl (C=O) groups excluding carboxylic acids is 2. The van der Waals surface area contributed by atoms with Crippen LogP contribution < -0.4 is 5.32 Å². The van der Waals surface area contributed by atoms with Gasteiger partial charge in [0.15, 0.2) is 0 Å². The maximum atomic E-state index is 10.7. The highest BCUT2D eigenvalue weighted by atomic mass is 16.5. The van der Waals surface area contributed by atoms with Gasteiger partial charge in [0.1, 0.15) is 0 Å². The van der Waals surface area contributed by atoms with E-state index in [4.69, 9.17) is 0 Å². The summed E-state index contributed by atoms with van der Waals surface area (Å²) < 4.78 is 4.47. The van der Waals surface area contributed by atoms with Crippen LogP contribution >= 0.6 is 0 Å². The molecule has 0 aliphatic carbocycles. The van der Waals surface area contributed by atoms with Crippen molar-refractivity contribution in [2.45, 2.75) is 12.8 Å². The zero-order valence-corrected chi connectivity index (χ0v) is 6.42. The van der Waals surface area contributed by atoms with Gasteiger partial charge in [-0.05, 0) is 5.92 Å². The highest BCUT2D eigenvalue weighted by Crippen LogP contribution is 2.13. The zero-order chi connectivity index (χ0) is 8.27. The SMILES string of the molecule is COC(=O)C[C@@H]1CNC(=O)C1. The van der Waals surface area contributed by atoms with Gasteiger partial charge in [-0.15, -0.1) is 0 Å². The summed E-state index contributed by atoms with van der Waals surface area (Å²) in [4.78, 5) is 21.4. The highest BCUT2D eigenvalue weighted by Gasteiger charge is 2.23. The quantitative estimate of drug-likeness (QED) is 0.559. The molecule has 0 aromatic heterocycles. The number of nitrogens with one attached hydrogen (secondary N) is 1. The zero-order valence-electron chi connectivity index (χ0n) is 6.42. The van der Waals surface area contributed by atoms with Gasteiger partial charge in [-0.3, -0.25) is 9.59 Å². The van der Waals surface area contributed by atoms with Gasteiger partial charge in [0.2, 0.25) is 5.91 Å². The molecule has 0 aromatic rings. The van der Waals surface area contributed by atoms with Gasteiger partial charge >= 0.3 is 5.97 Å². The smallest absolute Gasteiger partial charge is 0.305 e. The fourth-order valence-corrected chi connectivity index (χ4v) is 1.13. The first-order valence-corrected chi connectivity index (χ1v) is 3.56. The van der Waals surface area contributed by atoms with Crippen molar-refractivity contribution in [2.75, 3.05) is 13.7 Å². The fourth-order valence-electron chi connectivity index (χ4n) is 1.13. The summed E-state index contributed by atoms with van der Waals surface area (Å²) in [5.74, 6) is -0.0830. The van der Waals surface area contributed by atoms with Gasteiger partial charge in [-0.1, -0.05) is 0 Å². The standard InChI is InChI=1S/C7H11NO3/c1-11-7(10)3-5-2-6(9)8-4-5/h5H,2-4H2,1H3,(H,8,9)/t5-/m1/s1. The first kappa shape index (κ1) is 8.04. The van der Waals surface area contributed by atoms with Gasteiger partial charge in [-0.2, -0.15) is 0 Å². The Morgan fingerprint density at radius 3 is 3.00 bits per heavy atom. The molecule has 1 amide bonds. The van der Waals surface area contributed by atoms with E-state index in [-0.39, 0.29) is 17.8 Å². The number of methoxy groups -OCH3 is 1. The normalized spacial score (nSPS) is 23.0. The predicted molar refractivity (Wildman–Crippen MR) is 37.7 cm³/mol. The summed E-state index contributed by atoms with van der Waals surface area (Å²) in [6.45, 7) is 0.605. The van der Waals surface area contributed by atoms with Gasteiger partial charge in [0, 0.05) is 13.0 Å². The van der Waals surface area contributed by atoms with Crippen molar-refractivity contribution in [1.29, 1.82) is 0 Å². The van der Waals surface area contributed by atoms with Crippen molar-refractivity contribution < 1.29 is 14.3 Å². The molecule has 4 heteroatoms. The second kappa shape index (κ2) is 3.37. The maximum Gasteiger partial charge on any atom is 0.305 e. The predicted octanol–water partition coefficient (Wildman–Crippen LogP) is -0.314. The third-order valence-electron chi connectivity index (χ3n) is 1.74. The molecule has 4 nitrogen and oxygen atoms in total. The van der Waals surface area contributed by atoms with Crippen molar-refractivity contribution in [1.82, 2.24) is 5.32 Å². The van der Waals surface area contributed by atoms with Crippen LogP contribution in [-0.2, 0) is 14.3 Å². The van der Waals surface area contributed by atoms with Crippen molar-refractivity contribution in [3.63, 3.8) is 0 Å². The number of rotatable bonds is 2. The molecule has 0 saturated carbocycles. The van der Waals surface area contributed by atoms with E-state index in [2.05, 4.69) is 10.1 Å². The first-order valence-electron chi connectivity index (χ1n) is 3.56. The number of esters is 1. The summed E-state index contributed by atoms with van der Waals surface area (Å²) in [5.41, 5.74) is 0. The third kappa shape index (κ3) is 2.22. The molecule has 1 rings (SSSR count). The molecular weight excluding hydrogens is 146 g/mol. The summed E-state index contributed by atoms with van der Waals surface area (Å²) in [5, 5.41) is 2.65. The van der Waals surface area contributed by atoms with Crippen molar-refractivity contribution in [2.24, 2.45) is 5.92 Å². The minimum atomic E-state index is -0.244. The van der Waals surface area contributed by atoms with Crippen LogP contribution in [0.4, 0.5) is 0 Å². The largest absolute Gasteiger partial charge is 0.469 e. The van der Waals surface area contributed by atoms with Gasteiger partial charge in [0.05, 0.1) is 13.5 Å². The number of hydrogen-bond acceptors (Lipinski definition) is 3. The molecule has 11 heavy (non-hydrogen) atoms. The lowest BCUT2D eigenvalue weighted by Crippen LogP contribution is -2.15. The third-order valence-corrected chi connectivity index (χ3v) is 1.74. The van der Waals surface area contributed by atoms with Crippen LogP contribution in [0.15, 0.2) is 0 Å². The lowest BCUT2D eigenvalue weighted by Gasteiger charge is -2.03. The van der Waals surface area contributed by atoms with E-state index in [9.17, 15) is 9.59 Å². The fraction of sp³-hybridized carbons (Fsp3) is 0.714. The Balaban J connectivity index is 2.28. The molecule has 1 saturated heterocycles. The van der Waals surface area contributed by atoms with E-state index < -0.39 is 0 Å².